The van der Waals surface area contributed by atoms with Crippen LogP contribution in [0.5, 0.6) is 5.75 Å². The van der Waals surface area contributed by atoms with Crippen molar-refractivity contribution < 1.29 is 9.53 Å². The number of ether oxygens (including phenoxy) is 1. The lowest BCUT2D eigenvalue weighted by atomic mass is 10.2. The van der Waals surface area contributed by atoms with E-state index in [1.807, 2.05) is 30.3 Å². The number of carbonyl (C=O) groups is 1. The standard InChI is InChI=1S/C20H24N2O2/c1-2-3-4-8-15-24-18-13-11-17(12-14-18)20(23)22-19(21)16-9-6-5-7-10-16/h5-7,9-14H,2-4,8,15H2,1H3,(H2,21,22,23). The molecule has 24 heavy (non-hydrogen) atoms. The second-order valence-electron chi connectivity index (χ2n) is 5.60. The van der Waals surface area contributed by atoms with Gasteiger partial charge in [0.25, 0.3) is 5.91 Å². The predicted octanol–water partition coefficient (Wildman–Crippen LogP) is 4.19. The summed E-state index contributed by atoms with van der Waals surface area (Å²) in [5, 5.41) is 0. The first-order chi connectivity index (χ1) is 11.7. The molecule has 0 aliphatic carbocycles. The first kappa shape index (κ1) is 17.7. The van der Waals surface area contributed by atoms with E-state index in [0.717, 1.165) is 17.7 Å². The Morgan fingerprint density at radius 1 is 0.958 bits per heavy atom. The zero-order valence-electron chi connectivity index (χ0n) is 14.1. The van der Waals surface area contributed by atoms with Crippen LogP contribution in [-0.4, -0.2) is 18.3 Å². The summed E-state index contributed by atoms with van der Waals surface area (Å²) in [6, 6.07) is 16.3. The van der Waals surface area contributed by atoms with Gasteiger partial charge in [-0.1, -0.05) is 56.5 Å². The number of unbranched alkanes of at least 4 members (excludes halogenated alkanes) is 3. The number of hydrogen-bond donors (Lipinski definition) is 1. The highest BCUT2D eigenvalue weighted by molar-refractivity contribution is 6.08. The molecule has 0 radical (unpaired) electrons. The summed E-state index contributed by atoms with van der Waals surface area (Å²) in [7, 11) is 0. The number of amidine groups is 1. The van der Waals surface area contributed by atoms with Crippen molar-refractivity contribution in [1.29, 1.82) is 0 Å². The molecule has 0 saturated heterocycles. The van der Waals surface area contributed by atoms with Gasteiger partial charge >= 0.3 is 0 Å². The van der Waals surface area contributed by atoms with E-state index in [-0.39, 0.29) is 11.7 Å². The third-order valence-electron chi connectivity index (χ3n) is 3.66. The number of benzene rings is 2. The van der Waals surface area contributed by atoms with Crippen molar-refractivity contribution in [3.8, 4) is 5.75 Å². The molecule has 0 aliphatic rings. The number of nitrogens with zero attached hydrogens (tertiary/aromatic N) is 1. The monoisotopic (exact) mass is 324 g/mol. The van der Waals surface area contributed by atoms with Crippen molar-refractivity contribution in [1.82, 2.24) is 0 Å². The summed E-state index contributed by atoms with van der Waals surface area (Å²) in [5.74, 6) is 0.630. The molecular formula is C20H24N2O2. The lowest BCUT2D eigenvalue weighted by Gasteiger charge is -2.06. The molecule has 2 rings (SSSR count). The highest BCUT2D eigenvalue weighted by atomic mass is 16.5. The SMILES string of the molecule is CCCCCCOc1ccc(C(=O)N=C(N)c2ccccc2)cc1. The van der Waals surface area contributed by atoms with Crippen LogP contribution in [0.2, 0.25) is 0 Å². The van der Waals surface area contributed by atoms with Gasteiger partial charge < -0.3 is 10.5 Å². The van der Waals surface area contributed by atoms with E-state index in [4.69, 9.17) is 10.5 Å². The molecule has 0 heterocycles. The minimum atomic E-state index is -0.356. The van der Waals surface area contributed by atoms with Gasteiger partial charge in [0.15, 0.2) is 0 Å². The normalized spacial score (nSPS) is 11.3. The number of carbonyl (C=O) groups excluding carboxylic acids is 1. The average molecular weight is 324 g/mol. The number of aliphatic imine (C=N–C) groups is 1. The number of rotatable bonds is 8. The smallest absolute Gasteiger partial charge is 0.278 e. The van der Waals surface area contributed by atoms with Gasteiger partial charge in [-0.25, -0.2) is 0 Å². The van der Waals surface area contributed by atoms with Crippen molar-refractivity contribution in [3.63, 3.8) is 0 Å². The predicted molar refractivity (Wildman–Crippen MR) is 97.6 cm³/mol. The average Bonchev–Trinajstić information content (AvgIpc) is 2.62. The number of hydrogen-bond acceptors (Lipinski definition) is 2. The van der Waals surface area contributed by atoms with Gasteiger partial charge in [0.1, 0.15) is 11.6 Å². The van der Waals surface area contributed by atoms with Crippen molar-refractivity contribution in [2.45, 2.75) is 32.6 Å². The first-order valence-electron chi connectivity index (χ1n) is 8.37. The number of amides is 1. The van der Waals surface area contributed by atoms with E-state index in [9.17, 15) is 4.79 Å². The molecule has 126 valence electrons. The quantitative estimate of drug-likeness (QED) is 0.450. The third-order valence-corrected chi connectivity index (χ3v) is 3.66. The highest BCUT2D eigenvalue weighted by Gasteiger charge is 2.06. The highest BCUT2D eigenvalue weighted by Crippen LogP contribution is 2.14. The summed E-state index contributed by atoms with van der Waals surface area (Å²) in [6.07, 6.45) is 4.67. The Bertz CT molecular complexity index is 664. The molecule has 0 aliphatic heterocycles. The van der Waals surface area contributed by atoms with E-state index in [1.54, 1.807) is 24.3 Å². The van der Waals surface area contributed by atoms with E-state index < -0.39 is 0 Å². The summed E-state index contributed by atoms with van der Waals surface area (Å²) in [5.41, 5.74) is 7.10. The maximum Gasteiger partial charge on any atom is 0.278 e. The van der Waals surface area contributed by atoms with Crippen LogP contribution in [0.15, 0.2) is 59.6 Å². The summed E-state index contributed by atoms with van der Waals surface area (Å²) in [6.45, 7) is 2.88. The summed E-state index contributed by atoms with van der Waals surface area (Å²) < 4.78 is 5.67. The fourth-order valence-corrected chi connectivity index (χ4v) is 2.26. The fourth-order valence-electron chi connectivity index (χ4n) is 2.26. The van der Waals surface area contributed by atoms with Crippen LogP contribution in [0.25, 0.3) is 0 Å². The topological polar surface area (TPSA) is 64.7 Å². The van der Waals surface area contributed by atoms with Crippen molar-refractivity contribution >= 4 is 11.7 Å². The van der Waals surface area contributed by atoms with Gasteiger partial charge in [0.05, 0.1) is 6.61 Å². The Hall–Kier alpha value is -2.62. The third kappa shape index (κ3) is 5.54. The Kier molecular flexibility index (Phi) is 7.02. The molecule has 0 atom stereocenters. The molecular weight excluding hydrogens is 300 g/mol. The zero-order valence-corrected chi connectivity index (χ0v) is 14.1. The largest absolute Gasteiger partial charge is 0.494 e. The van der Waals surface area contributed by atoms with E-state index in [0.29, 0.717) is 12.2 Å². The van der Waals surface area contributed by atoms with Crippen LogP contribution < -0.4 is 10.5 Å². The van der Waals surface area contributed by atoms with Crippen LogP contribution >= 0.6 is 0 Å². The molecule has 0 unspecified atom stereocenters. The molecule has 0 spiro atoms. The molecule has 0 bridgehead atoms. The summed E-state index contributed by atoms with van der Waals surface area (Å²) >= 11 is 0. The van der Waals surface area contributed by atoms with E-state index in [2.05, 4.69) is 11.9 Å². The van der Waals surface area contributed by atoms with Crippen LogP contribution in [0.4, 0.5) is 0 Å². The molecule has 1 amide bonds. The van der Waals surface area contributed by atoms with Gasteiger partial charge in [0, 0.05) is 11.1 Å². The van der Waals surface area contributed by atoms with Crippen molar-refractivity contribution in [2.75, 3.05) is 6.61 Å². The molecule has 0 saturated carbocycles. The molecule has 2 aromatic rings. The van der Waals surface area contributed by atoms with Gasteiger partial charge in [-0.15, -0.1) is 0 Å². The summed E-state index contributed by atoms with van der Waals surface area (Å²) in [4.78, 5) is 16.1. The minimum absolute atomic E-state index is 0.219. The molecule has 4 nitrogen and oxygen atoms in total. The van der Waals surface area contributed by atoms with Gasteiger partial charge in [0.2, 0.25) is 0 Å². The van der Waals surface area contributed by atoms with Crippen LogP contribution in [0.3, 0.4) is 0 Å². The van der Waals surface area contributed by atoms with Crippen LogP contribution in [0, 0.1) is 0 Å². The fraction of sp³-hybridized carbons (Fsp3) is 0.300. The van der Waals surface area contributed by atoms with Crippen LogP contribution in [-0.2, 0) is 0 Å². The van der Waals surface area contributed by atoms with Gasteiger partial charge in [-0.05, 0) is 30.7 Å². The Labute approximate surface area is 143 Å². The lowest BCUT2D eigenvalue weighted by Crippen LogP contribution is -2.15. The maximum atomic E-state index is 12.2. The molecule has 0 aromatic heterocycles. The van der Waals surface area contributed by atoms with Gasteiger partial charge in [-0.2, -0.15) is 4.99 Å². The van der Waals surface area contributed by atoms with Crippen molar-refractivity contribution in [2.24, 2.45) is 10.7 Å². The first-order valence-corrected chi connectivity index (χ1v) is 8.37. The van der Waals surface area contributed by atoms with E-state index >= 15 is 0 Å². The Morgan fingerprint density at radius 3 is 2.33 bits per heavy atom. The van der Waals surface area contributed by atoms with Crippen LogP contribution in [0.1, 0.15) is 48.5 Å². The maximum absolute atomic E-state index is 12.2. The second-order valence-corrected chi connectivity index (χ2v) is 5.60. The second kappa shape index (κ2) is 9.50. The minimum Gasteiger partial charge on any atom is -0.494 e. The molecule has 4 heteroatoms. The van der Waals surface area contributed by atoms with Crippen molar-refractivity contribution in [3.05, 3.63) is 65.7 Å². The molecule has 0 fully saturated rings. The number of nitrogens with two attached hydrogens (primary N) is 1. The zero-order chi connectivity index (χ0) is 17.2. The van der Waals surface area contributed by atoms with Gasteiger partial charge in [-0.3, -0.25) is 4.79 Å². The molecule has 2 N–H and O–H groups in total. The van der Waals surface area contributed by atoms with E-state index in [1.165, 1.54) is 19.3 Å². The Balaban J connectivity index is 1.91. The molecule has 2 aromatic carbocycles. The Morgan fingerprint density at radius 2 is 1.67 bits per heavy atom. The lowest BCUT2D eigenvalue weighted by molar-refractivity contribution is 0.100.